The van der Waals surface area contributed by atoms with E-state index in [1.54, 1.807) is 0 Å². The Bertz CT molecular complexity index is 809. The minimum Gasteiger partial charge on any atom is -0.479 e. The number of carboxylic acid groups (broad SMARTS) is 1. The summed E-state index contributed by atoms with van der Waals surface area (Å²) in [5, 5.41) is 11.9. The second-order valence-corrected chi connectivity index (χ2v) is 7.34. The molecule has 2 aromatic carbocycles. The second kappa shape index (κ2) is 6.88. The van der Waals surface area contributed by atoms with E-state index in [1.807, 2.05) is 24.3 Å². The van der Waals surface area contributed by atoms with Crippen molar-refractivity contribution in [2.45, 2.75) is 24.1 Å². The van der Waals surface area contributed by atoms with Gasteiger partial charge >= 0.3 is 5.97 Å². The summed E-state index contributed by atoms with van der Waals surface area (Å²) in [6.45, 7) is 1.42. The topological polar surface area (TPSA) is 66.4 Å². The number of hydrogen-bond acceptors (Lipinski definition) is 3. The minimum absolute atomic E-state index is 0.323. The number of thioether (sulfide) groups is 1. The molecule has 0 bridgehead atoms. The van der Waals surface area contributed by atoms with Crippen LogP contribution in [0.2, 0.25) is 0 Å². The van der Waals surface area contributed by atoms with Crippen LogP contribution in [0, 0.1) is 5.82 Å². The maximum Gasteiger partial charge on any atom is 0.333 e. The van der Waals surface area contributed by atoms with Crippen LogP contribution in [0.15, 0.2) is 48.5 Å². The summed E-state index contributed by atoms with van der Waals surface area (Å²) in [6.07, 6.45) is 0.888. The average Bonchev–Trinajstić information content (AvgIpc) is 2.61. The molecule has 2 unspecified atom stereocenters. The van der Waals surface area contributed by atoms with Gasteiger partial charge in [0.25, 0.3) is 0 Å². The molecule has 6 heteroatoms. The summed E-state index contributed by atoms with van der Waals surface area (Å²) >= 11 is 1.50. The van der Waals surface area contributed by atoms with Gasteiger partial charge in [0.1, 0.15) is 11.1 Å². The molecule has 1 aliphatic rings. The van der Waals surface area contributed by atoms with Gasteiger partial charge in [-0.1, -0.05) is 36.4 Å². The molecule has 0 aromatic heterocycles. The summed E-state index contributed by atoms with van der Waals surface area (Å²) in [7, 11) is 0. The van der Waals surface area contributed by atoms with Gasteiger partial charge < -0.3 is 10.4 Å². The van der Waals surface area contributed by atoms with Crippen molar-refractivity contribution in [3.8, 4) is 0 Å². The van der Waals surface area contributed by atoms with Gasteiger partial charge in [-0.25, -0.2) is 9.18 Å². The highest BCUT2D eigenvalue weighted by atomic mass is 32.2. The van der Waals surface area contributed by atoms with Gasteiger partial charge in [0.15, 0.2) is 5.54 Å². The quantitative estimate of drug-likeness (QED) is 0.879. The Hall–Kier alpha value is -2.34. The fourth-order valence-electron chi connectivity index (χ4n) is 2.96. The Labute approximate surface area is 149 Å². The van der Waals surface area contributed by atoms with Crippen molar-refractivity contribution >= 4 is 23.6 Å². The first-order valence-electron chi connectivity index (χ1n) is 7.92. The number of hydrogen-bond donors (Lipinski definition) is 2. The fourth-order valence-corrected chi connectivity index (χ4v) is 4.15. The van der Waals surface area contributed by atoms with E-state index in [9.17, 15) is 19.1 Å². The predicted molar refractivity (Wildman–Crippen MR) is 94.9 cm³/mol. The average molecular weight is 359 g/mol. The molecule has 1 heterocycles. The summed E-state index contributed by atoms with van der Waals surface area (Å²) < 4.78 is 13.2. The molecule has 4 nitrogen and oxygen atoms in total. The van der Waals surface area contributed by atoms with Crippen molar-refractivity contribution in [1.82, 2.24) is 5.32 Å². The lowest BCUT2D eigenvalue weighted by Gasteiger charge is -2.31. The van der Waals surface area contributed by atoms with Crippen LogP contribution in [0.3, 0.4) is 0 Å². The molecular weight excluding hydrogens is 341 g/mol. The first-order valence-corrected chi connectivity index (χ1v) is 8.97. The van der Waals surface area contributed by atoms with Crippen LogP contribution < -0.4 is 5.32 Å². The molecule has 0 spiro atoms. The Balaban J connectivity index is 1.90. The molecule has 0 saturated heterocycles. The fraction of sp³-hybridized carbons (Fsp3) is 0.263. The number of halogens is 1. The number of aryl methyl sites for hydroxylation is 1. The van der Waals surface area contributed by atoms with Gasteiger partial charge in [-0.15, -0.1) is 11.8 Å². The molecule has 0 aliphatic carbocycles. The molecule has 130 valence electrons. The Kier molecular flexibility index (Phi) is 4.81. The van der Waals surface area contributed by atoms with Crippen molar-refractivity contribution in [1.29, 1.82) is 0 Å². The summed E-state index contributed by atoms with van der Waals surface area (Å²) in [6, 6.07) is 12.8. The van der Waals surface area contributed by atoms with Crippen LogP contribution in [-0.2, 0) is 21.5 Å². The number of benzene rings is 2. The number of carbonyl (C=O) groups excluding carboxylic acids is 1. The normalized spacial score (nSPS) is 18.7. The number of carbonyl (C=O) groups is 2. The van der Waals surface area contributed by atoms with E-state index in [2.05, 4.69) is 5.32 Å². The van der Waals surface area contributed by atoms with Gasteiger partial charge in [0, 0.05) is 0 Å². The van der Waals surface area contributed by atoms with Crippen molar-refractivity contribution in [3.63, 3.8) is 0 Å². The van der Waals surface area contributed by atoms with Crippen LogP contribution in [0.1, 0.15) is 28.9 Å². The zero-order valence-corrected chi connectivity index (χ0v) is 14.5. The lowest BCUT2D eigenvalue weighted by molar-refractivity contribution is -0.147. The number of aliphatic carboxylic acids is 1. The molecule has 2 atom stereocenters. The highest BCUT2D eigenvalue weighted by Crippen LogP contribution is 2.37. The third-order valence-corrected chi connectivity index (χ3v) is 5.70. The maximum absolute atomic E-state index is 13.2. The first kappa shape index (κ1) is 17.5. The summed E-state index contributed by atoms with van der Waals surface area (Å²) in [5.74, 6) is -1.21. The highest BCUT2D eigenvalue weighted by Gasteiger charge is 2.39. The molecule has 1 aliphatic heterocycles. The first-order chi connectivity index (χ1) is 11.9. The Morgan fingerprint density at radius 3 is 2.56 bits per heavy atom. The standard InChI is InChI=1S/C19H18FNO3S/c1-19(18(23)24,13-6-8-14(20)9-7-13)21-17(22)16-15-5-3-2-4-12(15)10-11-25-16/h2-9,16H,10-11H2,1H3,(H,21,22)(H,23,24). The molecule has 3 rings (SSSR count). The highest BCUT2D eigenvalue weighted by molar-refractivity contribution is 8.00. The Morgan fingerprint density at radius 2 is 1.88 bits per heavy atom. The van der Waals surface area contributed by atoms with E-state index in [0.717, 1.165) is 23.3 Å². The molecule has 0 radical (unpaired) electrons. The number of nitrogens with one attached hydrogen (secondary N) is 1. The van der Waals surface area contributed by atoms with Gasteiger partial charge in [0.2, 0.25) is 5.91 Å². The third kappa shape index (κ3) is 3.39. The number of fused-ring (bicyclic) bond motifs is 1. The van der Waals surface area contributed by atoms with E-state index in [1.165, 1.54) is 43.0 Å². The van der Waals surface area contributed by atoms with Gasteiger partial charge in [-0.3, -0.25) is 4.79 Å². The largest absolute Gasteiger partial charge is 0.479 e. The lowest BCUT2D eigenvalue weighted by Crippen LogP contribution is -2.51. The van der Waals surface area contributed by atoms with E-state index >= 15 is 0 Å². The zero-order chi connectivity index (χ0) is 18.0. The van der Waals surface area contributed by atoms with Gasteiger partial charge in [0.05, 0.1) is 0 Å². The smallest absolute Gasteiger partial charge is 0.333 e. The molecule has 0 saturated carbocycles. The maximum atomic E-state index is 13.2. The van der Waals surface area contributed by atoms with E-state index in [0.29, 0.717) is 5.56 Å². The Morgan fingerprint density at radius 1 is 1.20 bits per heavy atom. The molecule has 25 heavy (non-hydrogen) atoms. The monoisotopic (exact) mass is 359 g/mol. The number of amides is 1. The lowest BCUT2D eigenvalue weighted by atomic mass is 9.91. The van der Waals surface area contributed by atoms with Crippen molar-refractivity contribution in [2.24, 2.45) is 0 Å². The molecule has 2 N–H and O–H groups in total. The van der Waals surface area contributed by atoms with E-state index < -0.39 is 22.6 Å². The number of carboxylic acids is 1. The minimum atomic E-state index is -1.63. The molecule has 0 fully saturated rings. The van der Waals surface area contributed by atoms with Crippen LogP contribution in [0.5, 0.6) is 0 Å². The zero-order valence-electron chi connectivity index (χ0n) is 13.7. The van der Waals surface area contributed by atoms with Gasteiger partial charge in [-0.05, 0) is 47.9 Å². The van der Waals surface area contributed by atoms with Crippen molar-refractivity contribution in [3.05, 3.63) is 71.0 Å². The predicted octanol–water partition coefficient (Wildman–Crippen LogP) is 3.27. The molecule has 1 amide bonds. The van der Waals surface area contributed by atoms with E-state index in [-0.39, 0.29) is 5.91 Å². The summed E-state index contributed by atoms with van der Waals surface area (Å²) in [5.41, 5.74) is 0.727. The van der Waals surface area contributed by atoms with Crippen LogP contribution >= 0.6 is 11.8 Å². The van der Waals surface area contributed by atoms with Crippen molar-refractivity contribution < 1.29 is 19.1 Å². The summed E-state index contributed by atoms with van der Waals surface area (Å²) in [4.78, 5) is 24.7. The SMILES string of the molecule is CC(NC(=O)C1SCCc2ccccc21)(C(=O)O)c1ccc(F)cc1. The second-order valence-electron chi connectivity index (χ2n) is 6.13. The number of rotatable bonds is 4. The molecule has 2 aromatic rings. The van der Waals surface area contributed by atoms with Crippen LogP contribution in [0.4, 0.5) is 4.39 Å². The van der Waals surface area contributed by atoms with Crippen molar-refractivity contribution in [2.75, 3.05) is 5.75 Å². The van der Waals surface area contributed by atoms with Crippen LogP contribution in [0.25, 0.3) is 0 Å². The van der Waals surface area contributed by atoms with Crippen LogP contribution in [-0.4, -0.2) is 22.7 Å². The van der Waals surface area contributed by atoms with Gasteiger partial charge in [-0.2, -0.15) is 0 Å². The van der Waals surface area contributed by atoms with E-state index in [4.69, 9.17) is 0 Å². The molecular formula is C19H18FNO3S. The third-order valence-electron chi connectivity index (χ3n) is 4.45.